The molecule has 2 amide bonds. The molecule has 0 unspecified atom stereocenters. The first-order valence-corrected chi connectivity index (χ1v) is 14.5. The molecular formula is C30H40F2N7O2+. The van der Waals surface area contributed by atoms with Crippen LogP contribution in [-0.2, 0) is 23.1 Å². The Morgan fingerprint density at radius 3 is 2.56 bits per heavy atom. The molecule has 3 aliphatic heterocycles. The first-order valence-electron chi connectivity index (χ1n) is 14.5. The SMILES string of the molecule is CCC(=O)N1CCC(NC2=C(C(N)=[N+]3CCCc4cc(-c5cnn(C)c5)c(C(F)F)cc43)CN(C(C)=O)CC2)CC1. The molecule has 9 nitrogen and oxygen atoms in total. The van der Waals surface area contributed by atoms with Gasteiger partial charge in [0.2, 0.25) is 11.8 Å². The molecule has 0 aliphatic carbocycles. The highest BCUT2D eigenvalue weighted by molar-refractivity contribution is 5.96. The van der Waals surface area contributed by atoms with E-state index in [4.69, 9.17) is 5.73 Å². The number of nitrogens with two attached hydrogens (primary N) is 1. The second-order valence-electron chi connectivity index (χ2n) is 11.2. The molecule has 4 heterocycles. The zero-order valence-electron chi connectivity index (χ0n) is 24.1. The van der Waals surface area contributed by atoms with Gasteiger partial charge in [0.15, 0.2) is 0 Å². The number of hydrogen-bond donors (Lipinski definition) is 2. The summed E-state index contributed by atoms with van der Waals surface area (Å²) in [6.45, 7) is 6.40. The normalized spacial score (nSPS) is 19.5. The average molecular weight is 569 g/mol. The summed E-state index contributed by atoms with van der Waals surface area (Å²) in [4.78, 5) is 28.2. The number of amides is 2. The number of benzene rings is 1. The Labute approximate surface area is 239 Å². The monoisotopic (exact) mass is 568 g/mol. The number of likely N-dealkylation sites (tertiary alicyclic amines) is 1. The van der Waals surface area contributed by atoms with E-state index in [9.17, 15) is 18.4 Å². The minimum Gasteiger partial charge on any atom is -0.385 e. The molecule has 1 aromatic carbocycles. The lowest BCUT2D eigenvalue weighted by molar-refractivity contribution is -0.447. The molecule has 41 heavy (non-hydrogen) atoms. The average Bonchev–Trinajstić information content (AvgIpc) is 3.41. The molecule has 3 N–H and O–H groups in total. The second kappa shape index (κ2) is 12.0. The molecule has 1 saturated heterocycles. The number of rotatable bonds is 6. The number of carbonyl (C=O) groups excluding carboxylic acids is 2. The Kier molecular flexibility index (Phi) is 8.42. The van der Waals surface area contributed by atoms with E-state index in [1.807, 2.05) is 22.5 Å². The van der Waals surface area contributed by atoms with Crippen LogP contribution in [0.25, 0.3) is 11.1 Å². The van der Waals surface area contributed by atoms with Crippen molar-refractivity contribution < 1.29 is 22.9 Å². The number of nitrogens with one attached hydrogen (secondary N) is 1. The van der Waals surface area contributed by atoms with E-state index in [1.165, 1.54) is 0 Å². The molecule has 0 spiro atoms. The van der Waals surface area contributed by atoms with Crippen molar-refractivity contribution >= 4 is 23.3 Å². The smallest absolute Gasteiger partial charge is 0.279 e. The van der Waals surface area contributed by atoms with Gasteiger partial charge in [0.05, 0.1) is 24.9 Å². The molecule has 0 bridgehead atoms. The largest absolute Gasteiger partial charge is 0.385 e. The summed E-state index contributed by atoms with van der Waals surface area (Å²) < 4.78 is 32.3. The van der Waals surface area contributed by atoms with Gasteiger partial charge in [-0.15, -0.1) is 0 Å². The molecule has 220 valence electrons. The first kappa shape index (κ1) is 28.8. The Morgan fingerprint density at radius 2 is 1.93 bits per heavy atom. The van der Waals surface area contributed by atoms with Crippen LogP contribution in [0.3, 0.4) is 0 Å². The maximum atomic E-state index is 14.4. The van der Waals surface area contributed by atoms with Crippen LogP contribution in [0.4, 0.5) is 14.5 Å². The molecule has 5 rings (SSSR count). The van der Waals surface area contributed by atoms with Gasteiger partial charge in [-0.05, 0) is 48.9 Å². The first-order chi connectivity index (χ1) is 19.7. The molecular weight excluding hydrogens is 528 g/mol. The lowest BCUT2D eigenvalue weighted by Crippen LogP contribution is -2.48. The second-order valence-corrected chi connectivity index (χ2v) is 11.2. The van der Waals surface area contributed by atoms with Crippen LogP contribution in [0.15, 0.2) is 35.8 Å². The van der Waals surface area contributed by atoms with Crippen molar-refractivity contribution in [3.8, 4) is 11.1 Å². The van der Waals surface area contributed by atoms with Crippen LogP contribution >= 0.6 is 0 Å². The van der Waals surface area contributed by atoms with Crippen molar-refractivity contribution in [2.75, 3.05) is 32.7 Å². The molecule has 1 fully saturated rings. The van der Waals surface area contributed by atoms with Crippen LogP contribution in [0.2, 0.25) is 0 Å². The van der Waals surface area contributed by atoms with Crippen molar-refractivity contribution in [1.82, 2.24) is 24.9 Å². The molecule has 1 aromatic heterocycles. The Morgan fingerprint density at radius 1 is 1.17 bits per heavy atom. The topological polar surface area (TPSA) is 99.5 Å². The van der Waals surface area contributed by atoms with Crippen LogP contribution in [0, 0.1) is 0 Å². The summed E-state index contributed by atoms with van der Waals surface area (Å²) in [6, 6.07) is 3.63. The highest BCUT2D eigenvalue weighted by Crippen LogP contribution is 2.38. The molecule has 2 aromatic rings. The number of fused-ring (bicyclic) bond motifs is 1. The molecule has 3 aliphatic rings. The minimum absolute atomic E-state index is 0.0270. The van der Waals surface area contributed by atoms with Gasteiger partial charge in [0, 0.05) is 75.5 Å². The Balaban J connectivity index is 1.52. The van der Waals surface area contributed by atoms with Gasteiger partial charge in [0.1, 0.15) is 5.69 Å². The molecule has 0 atom stereocenters. The van der Waals surface area contributed by atoms with Crippen LogP contribution in [0.1, 0.15) is 63.5 Å². The summed E-state index contributed by atoms with van der Waals surface area (Å²) in [6.07, 6.45) is 5.09. The van der Waals surface area contributed by atoms with E-state index in [1.54, 1.807) is 42.0 Å². The van der Waals surface area contributed by atoms with Crippen molar-refractivity contribution in [2.24, 2.45) is 12.8 Å². The van der Waals surface area contributed by atoms with Gasteiger partial charge < -0.3 is 15.1 Å². The number of nitrogens with zero attached hydrogens (tertiary/aromatic N) is 5. The summed E-state index contributed by atoms with van der Waals surface area (Å²) in [7, 11) is 1.77. The fraction of sp³-hybridized carbons (Fsp3) is 0.533. The lowest BCUT2D eigenvalue weighted by atomic mass is 9.93. The Hall–Kier alpha value is -3.76. The number of piperidine rings is 1. The van der Waals surface area contributed by atoms with Gasteiger partial charge in [-0.25, -0.2) is 13.4 Å². The van der Waals surface area contributed by atoms with E-state index >= 15 is 0 Å². The summed E-state index contributed by atoms with van der Waals surface area (Å²) in [5.74, 6) is 0.641. The fourth-order valence-corrected chi connectivity index (χ4v) is 6.22. The summed E-state index contributed by atoms with van der Waals surface area (Å²) in [5.41, 5.74) is 11.5. The van der Waals surface area contributed by atoms with Gasteiger partial charge in [-0.1, -0.05) is 6.92 Å². The van der Waals surface area contributed by atoms with Gasteiger partial charge in [-0.3, -0.25) is 20.0 Å². The van der Waals surface area contributed by atoms with Gasteiger partial charge in [-0.2, -0.15) is 5.10 Å². The van der Waals surface area contributed by atoms with Crippen molar-refractivity contribution in [3.05, 3.63) is 46.9 Å². The molecule has 0 radical (unpaired) electrons. The van der Waals surface area contributed by atoms with Gasteiger partial charge in [0.25, 0.3) is 12.3 Å². The van der Waals surface area contributed by atoms with E-state index in [-0.39, 0.29) is 23.4 Å². The van der Waals surface area contributed by atoms with Crippen molar-refractivity contribution in [3.63, 3.8) is 0 Å². The predicted octanol–water partition coefficient (Wildman–Crippen LogP) is 3.47. The molecule has 0 saturated carbocycles. The molecule has 11 heteroatoms. The number of amidine groups is 1. The van der Waals surface area contributed by atoms with E-state index in [2.05, 4.69) is 10.4 Å². The summed E-state index contributed by atoms with van der Waals surface area (Å²) in [5, 5.41) is 7.88. The predicted molar refractivity (Wildman–Crippen MR) is 153 cm³/mol. The third-order valence-electron chi connectivity index (χ3n) is 8.54. The van der Waals surface area contributed by atoms with E-state index in [0.29, 0.717) is 68.2 Å². The van der Waals surface area contributed by atoms with Crippen LogP contribution in [-0.4, -0.2) is 80.6 Å². The van der Waals surface area contributed by atoms with E-state index < -0.39 is 6.43 Å². The number of hydrogen-bond acceptors (Lipinski definition) is 4. The van der Waals surface area contributed by atoms with Crippen molar-refractivity contribution in [1.29, 1.82) is 0 Å². The number of halogens is 2. The lowest BCUT2D eigenvalue weighted by Gasteiger charge is -2.36. The van der Waals surface area contributed by atoms with E-state index in [0.717, 1.165) is 42.5 Å². The van der Waals surface area contributed by atoms with Crippen molar-refractivity contribution in [2.45, 2.75) is 64.8 Å². The number of aromatic nitrogens is 2. The van der Waals surface area contributed by atoms with Gasteiger partial charge >= 0.3 is 0 Å². The Bertz CT molecular complexity index is 1390. The highest BCUT2D eigenvalue weighted by Gasteiger charge is 2.32. The summed E-state index contributed by atoms with van der Waals surface area (Å²) >= 11 is 0. The maximum absolute atomic E-state index is 14.4. The highest BCUT2D eigenvalue weighted by atomic mass is 19.3. The third-order valence-corrected chi connectivity index (χ3v) is 8.54. The zero-order valence-corrected chi connectivity index (χ0v) is 24.1. The fourth-order valence-electron chi connectivity index (χ4n) is 6.22. The van der Waals surface area contributed by atoms with Crippen LogP contribution in [0.5, 0.6) is 0 Å². The number of carbonyl (C=O) groups is 2. The number of aryl methyl sites for hydroxylation is 2. The maximum Gasteiger partial charge on any atom is 0.279 e. The minimum atomic E-state index is -2.66. The van der Waals surface area contributed by atoms with Crippen LogP contribution < -0.4 is 11.1 Å². The standard InChI is InChI=1S/C30H39F2N7O2/c1-4-28(41)37-11-7-22(8-12-37)35-26-9-13-38(19(2)40)18-25(26)30(33)39-10-5-6-20-14-23(21-16-34-36(3)17-21)24(29(31)32)15-27(20)39/h14-17,22,29H,4-13,18H2,1-3H3,(H2,33,35)/p+1. The zero-order chi connectivity index (χ0) is 29.3. The third kappa shape index (κ3) is 5.99. The quantitative estimate of drug-likeness (QED) is 0.411. The number of alkyl halides is 2.